The molecule has 1 saturated carbocycles. The van der Waals surface area contributed by atoms with E-state index >= 15 is 0 Å². The van der Waals surface area contributed by atoms with Crippen molar-refractivity contribution in [3.63, 3.8) is 0 Å². The Morgan fingerprint density at radius 3 is 1.92 bits per heavy atom. The van der Waals surface area contributed by atoms with Gasteiger partial charge in [-0.3, -0.25) is 0 Å². The fourth-order valence-corrected chi connectivity index (χ4v) is 3.46. The van der Waals surface area contributed by atoms with Crippen molar-refractivity contribution in [1.82, 2.24) is 0 Å². The van der Waals surface area contributed by atoms with Crippen LogP contribution in [0.25, 0.3) is 0 Å². The van der Waals surface area contributed by atoms with Crippen LogP contribution in [-0.2, 0) is 0 Å². The van der Waals surface area contributed by atoms with E-state index in [1.54, 1.807) is 0 Å². The predicted molar refractivity (Wildman–Crippen MR) is 56.6 cm³/mol. The summed E-state index contributed by atoms with van der Waals surface area (Å²) in [6.45, 7) is 9.80. The van der Waals surface area contributed by atoms with Crippen molar-refractivity contribution in [3.05, 3.63) is 0 Å². The smallest absolute Gasteiger partial charge is 0.0433 e. The first-order chi connectivity index (χ1) is 5.85. The Balaban J connectivity index is 2.61. The van der Waals surface area contributed by atoms with Crippen molar-refractivity contribution in [1.29, 1.82) is 0 Å². The molecule has 0 aromatic heterocycles. The number of hydrogen-bond donors (Lipinski definition) is 1. The molecule has 0 aliphatic heterocycles. The molecule has 0 bridgehead atoms. The second kappa shape index (κ2) is 3.61. The van der Waals surface area contributed by atoms with Gasteiger partial charge in [-0.2, -0.15) is 0 Å². The molecule has 0 atom stereocenters. The molecule has 1 nitrogen and oxygen atoms in total. The lowest BCUT2D eigenvalue weighted by atomic mass is 9.61. The quantitative estimate of drug-likeness (QED) is 0.698. The highest BCUT2D eigenvalue weighted by Gasteiger charge is 2.37. The summed E-state index contributed by atoms with van der Waals surface area (Å²) in [6.07, 6.45) is 4.89. The Hall–Kier alpha value is -0.0400. The molecule has 0 aromatic carbocycles. The first-order valence-corrected chi connectivity index (χ1v) is 5.46. The summed E-state index contributed by atoms with van der Waals surface area (Å²) >= 11 is 0. The van der Waals surface area contributed by atoms with Crippen molar-refractivity contribution >= 4 is 0 Å². The monoisotopic (exact) mass is 184 g/mol. The van der Waals surface area contributed by atoms with Gasteiger partial charge in [-0.05, 0) is 42.4 Å². The molecule has 0 heterocycles. The van der Waals surface area contributed by atoms with E-state index in [4.69, 9.17) is 5.11 Å². The van der Waals surface area contributed by atoms with Crippen LogP contribution < -0.4 is 0 Å². The summed E-state index contributed by atoms with van der Waals surface area (Å²) in [6, 6.07) is 0. The minimum absolute atomic E-state index is 0.358. The Labute approximate surface area is 82.5 Å². The molecule has 0 saturated heterocycles. The third-order valence-corrected chi connectivity index (χ3v) is 3.18. The van der Waals surface area contributed by atoms with Crippen LogP contribution in [0.1, 0.15) is 53.4 Å². The number of aliphatic hydroxyl groups is 1. The van der Waals surface area contributed by atoms with Crippen molar-refractivity contribution in [2.75, 3.05) is 6.61 Å². The van der Waals surface area contributed by atoms with Crippen LogP contribution >= 0.6 is 0 Å². The second-order valence-corrected chi connectivity index (χ2v) is 6.29. The van der Waals surface area contributed by atoms with Gasteiger partial charge in [0.1, 0.15) is 0 Å². The molecular weight excluding hydrogens is 160 g/mol. The molecule has 1 aliphatic carbocycles. The summed E-state index contributed by atoms with van der Waals surface area (Å²) < 4.78 is 0. The highest BCUT2D eigenvalue weighted by molar-refractivity contribution is 4.88. The maximum absolute atomic E-state index is 8.96. The average molecular weight is 184 g/mol. The highest BCUT2D eigenvalue weighted by atomic mass is 16.3. The van der Waals surface area contributed by atoms with Gasteiger partial charge >= 0.3 is 0 Å². The summed E-state index contributed by atoms with van der Waals surface area (Å²) in [7, 11) is 0. The van der Waals surface area contributed by atoms with E-state index < -0.39 is 0 Å². The lowest BCUT2D eigenvalue weighted by Gasteiger charge is -2.45. The van der Waals surface area contributed by atoms with Gasteiger partial charge in [-0.1, -0.05) is 27.7 Å². The molecule has 1 fully saturated rings. The largest absolute Gasteiger partial charge is 0.396 e. The number of aliphatic hydroxyl groups excluding tert-OH is 1. The maximum atomic E-state index is 8.96. The van der Waals surface area contributed by atoms with Crippen LogP contribution in [0.5, 0.6) is 0 Å². The van der Waals surface area contributed by atoms with Gasteiger partial charge in [-0.25, -0.2) is 0 Å². The van der Waals surface area contributed by atoms with Crippen LogP contribution in [0.2, 0.25) is 0 Å². The van der Waals surface area contributed by atoms with Crippen LogP contribution in [0.3, 0.4) is 0 Å². The van der Waals surface area contributed by atoms with Crippen molar-refractivity contribution in [3.8, 4) is 0 Å². The molecule has 0 aromatic rings. The van der Waals surface area contributed by atoms with Crippen LogP contribution in [-0.4, -0.2) is 11.7 Å². The fraction of sp³-hybridized carbons (Fsp3) is 1.00. The number of rotatable bonds is 2. The highest BCUT2D eigenvalue weighted by Crippen LogP contribution is 2.48. The van der Waals surface area contributed by atoms with Gasteiger partial charge in [0.2, 0.25) is 0 Å². The lowest BCUT2D eigenvalue weighted by molar-refractivity contribution is 0.0556. The maximum Gasteiger partial charge on any atom is 0.0433 e. The third kappa shape index (κ3) is 3.30. The fourth-order valence-electron chi connectivity index (χ4n) is 3.46. The summed E-state index contributed by atoms with van der Waals surface area (Å²) in [5.41, 5.74) is 0.948. The molecular formula is C12H24O. The normalized spacial score (nSPS) is 27.5. The van der Waals surface area contributed by atoms with E-state index in [-0.39, 0.29) is 0 Å². The Kier molecular flexibility index (Phi) is 3.06. The molecule has 0 radical (unpaired) electrons. The second-order valence-electron chi connectivity index (χ2n) is 6.29. The predicted octanol–water partition coefficient (Wildman–Crippen LogP) is 3.22. The Bertz CT molecular complexity index is 154. The Morgan fingerprint density at radius 2 is 1.54 bits per heavy atom. The van der Waals surface area contributed by atoms with Crippen molar-refractivity contribution in [2.24, 2.45) is 16.7 Å². The van der Waals surface area contributed by atoms with E-state index in [1.165, 1.54) is 19.3 Å². The molecule has 1 rings (SSSR count). The summed E-state index contributed by atoms with van der Waals surface area (Å²) in [5.74, 6) is 0.740. The number of hydrogen-bond acceptors (Lipinski definition) is 1. The molecule has 1 heteroatoms. The van der Waals surface area contributed by atoms with E-state index in [2.05, 4.69) is 27.7 Å². The zero-order valence-corrected chi connectivity index (χ0v) is 9.56. The molecule has 78 valence electrons. The third-order valence-electron chi connectivity index (χ3n) is 3.18. The van der Waals surface area contributed by atoms with Gasteiger partial charge < -0.3 is 5.11 Å². The van der Waals surface area contributed by atoms with Gasteiger partial charge in [0.15, 0.2) is 0 Å². The van der Waals surface area contributed by atoms with Gasteiger partial charge in [-0.15, -0.1) is 0 Å². The molecule has 1 N–H and O–H groups in total. The van der Waals surface area contributed by atoms with Crippen molar-refractivity contribution < 1.29 is 5.11 Å². The van der Waals surface area contributed by atoms with Crippen LogP contribution in [0.4, 0.5) is 0 Å². The van der Waals surface area contributed by atoms with E-state index in [0.717, 1.165) is 12.3 Å². The molecule has 0 amide bonds. The van der Waals surface area contributed by atoms with E-state index in [9.17, 15) is 0 Å². The van der Waals surface area contributed by atoms with Crippen LogP contribution in [0, 0.1) is 16.7 Å². The Morgan fingerprint density at radius 1 is 1.08 bits per heavy atom. The minimum atomic E-state index is 0.358. The minimum Gasteiger partial charge on any atom is -0.396 e. The van der Waals surface area contributed by atoms with Gasteiger partial charge in [0, 0.05) is 6.61 Å². The average Bonchev–Trinajstić information content (AvgIpc) is 1.78. The summed E-state index contributed by atoms with van der Waals surface area (Å²) in [4.78, 5) is 0. The molecule has 13 heavy (non-hydrogen) atoms. The molecule has 1 aliphatic rings. The zero-order valence-electron chi connectivity index (χ0n) is 9.56. The standard InChI is InChI=1S/C12H24O/c1-11(2)7-10(5-6-13)8-12(3,4)9-11/h10,13H,5-9H2,1-4H3. The van der Waals surface area contributed by atoms with E-state index in [1.807, 2.05) is 0 Å². The molecule has 0 spiro atoms. The van der Waals surface area contributed by atoms with Gasteiger partial charge in [0.25, 0.3) is 0 Å². The topological polar surface area (TPSA) is 20.2 Å². The SMILES string of the molecule is CC1(C)CC(CCO)CC(C)(C)C1. The van der Waals surface area contributed by atoms with E-state index in [0.29, 0.717) is 17.4 Å². The first kappa shape index (κ1) is 11.0. The first-order valence-electron chi connectivity index (χ1n) is 5.46. The summed E-state index contributed by atoms with van der Waals surface area (Å²) in [5, 5.41) is 8.96. The molecule has 0 unspecified atom stereocenters. The van der Waals surface area contributed by atoms with Gasteiger partial charge in [0.05, 0.1) is 0 Å². The lowest BCUT2D eigenvalue weighted by Crippen LogP contribution is -2.34. The van der Waals surface area contributed by atoms with Crippen LogP contribution in [0.15, 0.2) is 0 Å². The van der Waals surface area contributed by atoms with Crippen molar-refractivity contribution in [2.45, 2.75) is 53.4 Å². The zero-order chi connectivity index (χ0) is 10.1.